The second-order valence-corrected chi connectivity index (χ2v) is 6.73. The molecule has 3 aromatic rings. The SMILES string of the molecule is O=C(CSc1n[nH]c(-c2cccs2)n1)Nc1ccc(Cl)cc1F. The summed E-state index contributed by atoms with van der Waals surface area (Å²) < 4.78 is 13.6. The van der Waals surface area contributed by atoms with Gasteiger partial charge in [0.1, 0.15) is 5.82 Å². The zero-order valence-electron chi connectivity index (χ0n) is 11.5. The summed E-state index contributed by atoms with van der Waals surface area (Å²) in [5.41, 5.74) is 0.0919. The molecule has 0 aliphatic carbocycles. The third-order valence-corrected chi connectivity index (χ3v) is 4.72. The van der Waals surface area contributed by atoms with Crippen LogP contribution in [0.2, 0.25) is 5.02 Å². The molecular weight excluding hydrogens is 359 g/mol. The molecule has 1 aromatic carbocycles. The first-order chi connectivity index (χ1) is 11.1. The Kier molecular flexibility index (Phi) is 4.94. The van der Waals surface area contributed by atoms with Crippen molar-refractivity contribution in [1.29, 1.82) is 0 Å². The van der Waals surface area contributed by atoms with Gasteiger partial charge < -0.3 is 5.32 Å². The van der Waals surface area contributed by atoms with E-state index in [1.165, 1.54) is 23.9 Å². The van der Waals surface area contributed by atoms with E-state index in [2.05, 4.69) is 20.5 Å². The van der Waals surface area contributed by atoms with E-state index in [-0.39, 0.29) is 22.4 Å². The van der Waals surface area contributed by atoms with Crippen LogP contribution in [0.1, 0.15) is 0 Å². The number of halogens is 2. The summed E-state index contributed by atoms with van der Waals surface area (Å²) in [5, 5.41) is 12.0. The summed E-state index contributed by atoms with van der Waals surface area (Å²) in [6.07, 6.45) is 0. The van der Waals surface area contributed by atoms with Crippen molar-refractivity contribution in [1.82, 2.24) is 15.2 Å². The molecule has 0 atom stereocenters. The number of thioether (sulfide) groups is 1. The zero-order valence-corrected chi connectivity index (χ0v) is 13.9. The first kappa shape index (κ1) is 16.0. The zero-order chi connectivity index (χ0) is 16.2. The van der Waals surface area contributed by atoms with Crippen LogP contribution in [0.25, 0.3) is 10.7 Å². The van der Waals surface area contributed by atoms with Crippen molar-refractivity contribution in [2.45, 2.75) is 5.16 Å². The molecule has 0 radical (unpaired) electrons. The van der Waals surface area contributed by atoms with Gasteiger partial charge in [-0.05, 0) is 29.6 Å². The number of carbonyl (C=O) groups is 1. The van der Waals surface area contributed by atoms with Gasteiger partial charge in [-0.3, -0.25) is 9.89 Å². The minimum Gasteiger partial charge on any atom is -0.323 e. The molecule has 118 valence electrons. The molecule has 1 amide bonds. The summed E-state index contributed by atoms with van der Waals surface area (Å²) in [6, 6.07) is 7.92. The smallest absolute Gasteiger partial charge is 0.234 e. The van der Waals surface area contributed by atoms with E-state index in [0.717, 1.165) is 10.9 Å². The van der Waals surface area contributed by atoms with Gasteiger partial charge in [0.2, 0.25) is 11.1 Å². The second-order valence-electron chi connectivity index (χ2n) is 4.40. The van der Waals surface area contributed by atoms with Crippen molar-refractivity contribution in [2.24, 2.45) is 0 Å². The molecule has 2 N–H and O–H groups in total. The molecule has 3 rings (SSSR count). The Labute approximate surface area is 144 Å². The second kappa shape index (κ2) is 7.12. The molecule has 0 spiro atoms. The number of carbonyl (C=O) groups excluding carboxylic acids is 1. The molecule has 0 aliphatic rings. The van der Waals surface area contributed by atoms with Crippen LogP contribution in [-0.4, -0.2) is 26.8 Å². The number of H-pyrrole nitrogens is 1. The topological polar surface area (TPSA) is 70.7 Å². The molecule has 0 saturated heterocycles. The van der Waals surface area contributed by atoms with Gasteiger partial charge in [0.25, 0.3) is 0 Å². The number of aromatic nitrogens is 3. The minimum atomic E-state index is -0.575. The molecule has 23 heavy (non-hydrogen) atoms. The lowest BCUT2D eigenvalue weighted by atomic mass is 10.3. The Morgan fingerprint density at radius 1 is 1.43 bits per heavy atom. The third-order valence-electron chi connectivity index (χ3n) is 2.76. The molecule has 0 fully saturated rings. The van der Waals surface area contributed by atoms with Gasteiger partial charge in [0.15, 0.2) is 5.82 Å². The van der Waals surface area contributed by atoms with Crippen molar-refractivity contribution < 1.29 is 9.18 Å². The number of benzene rings is 1. The van der Waals surface area contributed by atoms with Crippen molar-refractivity contribution in [3.8, 4) is 10.7 Å². The van der Waals surface area contributed by atoms with E-state index in [4.69, 9.17) is 11.6 Å². The van der Waals surface area contributed by atoms with Gasteiger partial charge in [-0.25, -0.2) is 9.37 Å². The predicted molar refractivity (Wildman–Crippen MR) is 90.5 cm³/mol. The molecule has 0 unspecified atom stereocenters. The lowest BCUT2D eigenvalue weighted by Crippen LogP contribution is -2.15. The first-order valence-electron chi connectivity index (χ1n) is 6.46. The van der Waals surface area contributed by atoms with Gasteiger partial charge in [-0.1, -0.05) is 29.4 Å². The van der Waals surface area contributed by atoms with Crippen molar-refractivity contribution in [3.05, 3.63) is 46.6 Å². The Morgan fingerprint density at radius 2 is 2.30 bits per heavy atom. The van der Waals surface area contributed by atoms with Gasteiger partial charge in [0, 0.05) is 5.02 Å². The van der Waals surface area contributed by atoms with Crippen LogP contribution >= 0.6 is 34.7 Å². The van der Waals surface area contributed by atoms with Crippen molar-refractivity contribution in [2.75, 3.05) is 11.1 Å². The molecule has 2 heterocycles. The van der Waals surface area contributed by atoms with Crippen LogP contribution in [0, 0.1) is 5.82 Å². The standard InChI is InChI=1S/C14H10ClFN4OS2/c15-8-3-4-10(9(16)6-8)17-12(21)7-23-14-18-13(19-20-14)11-2-1-5-22-11/h1-6H,7H2,(H,17,21)(H,18,19,20). The third kappa shape index (κ3) is 4.10. The summed E-state index contributed by atoms with van der Waals surface area (Å²) in [6.45, 7) is 0. The van der Waals surface area contributed by atoms with E-state index in [1.54, 1.807) is 11.3 Å². The fourth-order valence-electron chi connectivity index (χ4n) is 1.74. The number of aromatic amines is 1. The molecule has 2 aromatic heterocycles. The monoisotopic (exact) mass is 368 g/mol. The number of hydrogen-bond donors (Lipinski definition) is 2. The average molecular weight is 369 g/mol. The Morgan fingerprint density at radius 3 is 3.04 bits per heavy atom. The van der Waals surface area contributed by atoms with Gasteiger partial charge in [0.05, 0.1) is 16.3 Å². The molecular formula is C14H10ClFN4OS2. The maximum absolute atomic E-state index is 13.6. The minimum absolute atomic E-state index is 0.0732. The predicted octanol–water partition coefficient (Wildman–Crippen LogP) is 4.06. The van der Waals surface area contributed by atoms with E-state index in [9.17, 15) is 9.18 Å². The van der Waals surface area contributed by atoms with Crippen molar-refractivity contribution >= 4 is 46.3 Å². The van der Waals surface area contributed by atoms with Crippen LogP contribution in [0.15, 0.2) is 40.9 Å². The van der Waals surface area contributed by atoms with Crippen LogP contribution < -0.4 is 5.32 Å². The number of anilines is 1. The highest BCUT2D eigenvalue weighted by Crippen LogP contribution is 2.23. The lowest BCUT2D eigenvalue weighted by molar-refractivity contribution is -0.113. The highest BCUT2D eigenvalue weighted by atomic mass is 35.5. The average Bonchev–Trinajstić information content (AvgIpc) is 3.18. The summed E-state index contributed by atoms with van der Waals surface area (Å²) in [4.78, 5) is 17.1. The molecule has 0 aliphatic heterocycles. The maximum Gasteiger partial charge on any atom is 0.234 e. The van der Waals surface area contributed by atoms with Crippen LogP contribution in [0.5, 0.6) is 0 Å². The van der Waals surface area contributed by atoms with E-state index >= 15 is 0 Å². The fraction of sp³-hybridized carbons (Fsp3) is 0.0714. The fourth-order valence-corrected chi connectivity index (χ4v) is 3.16. The molecule has 0 saturated carbocycles. The Hall–Kier alpha value is -1.90. The van der Waals surface area contributed by atoms with Crippen molar-refractivity contribution in [3.63, 3.8) is 0 Å². The Balaban J connectivity index is 1.57. The summed E-state index contributed by atoms with van der Waals surface area (Å²) >= 11 is 8.37. The molecule has 5 nitrogen and oxygen atoms in total. The van der Waals surface area contributed by atoms with E-state index in [0.29, 0.717) is 11.0 Å². The lowest BCUT2D eigenvalue weighted by Gasteiger charge is -2.05. The normalized spacial score (nSPS) is 10.7. The van der Waals surface area contributed by atoms with Crippen LogP contribution in [-0.2, 0) is 4.79 Å². The number of nitrogens with one attached hydrogen (secondary N) is 2. The highest BCUT2D eigenvalue weighted by Gasteiger charge is 2.11. The van der Waals surface area contributed by atoms with Crippen LogP contribution in [0.3, 0.4) is 0 Å². The largest absolute Gasteiger partial charge is 0.323 e. The first-order valence-corrected chi connectivity index (χ1v) is 8.70. The number of amides is 1. The quantitative estimate of drug-likeness (QED) is 0.666. The maximum atomic E-state index is 13.6. The van der Waals surface area contributed by atoms with Gasteiger partial charge in [-0.15, -0.1) is 16.4 Å². The molecule has 0 bridgehead atoms. The number of hydrogen-bond acceptors (Lipinski definition) is 5. The van der Waals surface area contributed by atoms with Crippen LogP contribution in [0.4, 0.5) is 10.1 Å². The summed E-state index contributed by atoms with van der Waals surface area (Å²) in [7, 11) is 0. The summed E-state index contributed by atoms with van der Waals surface area (Å²) in [5.74, 6) is -0.192. The number of rotatable bonds is 5. The van der Waals surface area contributed by atoms with Gasteiger partial charge in [-0.2, -0.15) is 0 Å². The van der Waals surface area contributed by atoms with Gasteiger partial charge >= 0.3 is 0 Å². The molecule has 9 heteroatoms. The highest BCUT2D eigenvalue weighted by molar-refractivity contribution is 7.99. The van der Waals surface area contributed by atoms with E-state index < -0.39 is 5.82 Å². The number of thiophene rings is 1. The number of nitrogens with zero attached hydrogens (tertiary/aromatic N) is 2. The Bertz CT molecular complexity index is 822. The van der Waals surface area contributed by atoms with E-state index in [1.807, 2.05) is 17.5 Å².